The van der Waals surface area contributed by atoms with Crippen LogP contribution in [0.2, 0.25) is 0 Å². The summed E-state index contributed by atoms with van der Waals surface area (Å²) in [5.74, 6) is 2.22. The van der Waals surface area contributed by atoms with E-state index in [1.54, 1.807) is 23.5 Å². The van der Waals surface area contributed by atoms with E-state index in [0.717, 1.165) is 64.5 Å². The molecule has 14 heteroatoms. The van der Waals surface area contributed by atoms with Gasteiger partial charge in [0.05, 0.1) is 34.8 Å². The summed E-state index contributed by atoms with van der Waals surface area (Å²) in [6.07, 6.45) is 11.7. The highest BCUT2D eigenvalue weighted by atomic mass is 16.7. The zero-order valence-electron chi connectivity index (χ0n) is 39.0. The number of nitrogens with zero attached hydrogens (tertiary/aromatic N) is 6. The van der Waals surface area contributed by atoms with Gasteiger partial charge in [-0.2, -0.15) is 0 Å². The topological polar surface area (TPSA) is 140 Å². The van der Waals surface area contributed by atoms with Gasteiger partial charge in [0.2, 0.25) is 0 Å². The van der Waals surface area contributed by atoms with E-state index in [-0.39, 0.29) is 24.2 Å². The van der Waals surface area contributed by atoms with Gasteiger partial charge in [0, 0.05) is 86.4 Å². The Morgan fingerprint density at radius 2 is 1.17 bits per heavy atom. The number of rotatable bonds is 6. The molecule has 7 aliphatic rings. The molecule has 1 aliphatic heterocycles. The fraction of sp³-hybridized carbons (Fsp3) is 0.480. The van der Waals surface area contributed by atoms with Crippen LogP contribution in [0.1, 0.15) is 67.2 Å². The van der Waals surface area contributed by atoms with Crippen molar-refractivity contribution in [3.05, 3.63) is 97.6 Å². The van der Waals surface area contributed by atoms with Gasteiger partial charge >= 0.3 is 14.2 Å². The van der Waals surface area contributed by atoms with Crippen LogP contribution in [0.25, 0.3) is 33.8 Å². The number of aliphatic hydroxyl groups is 2. The van der Waals surface area contributed by atoms with Crippen LogP contribution >= 0.6 is 0 Å². The van der Waals surface area contributed by atoms with E-state index in [0.29, 0.717) is 34.3 Å². The van der Waals surface area contributed by atoms with Gasteiger partial charge in [0.1, 0.15) is 11.3 Å². The Morgan fingerprint density at radius 1 is 0.672 bits per heavy atom. The first-order valence-corrected chi connectivity index (χ1v) is 22.8. The molecule has 0 amide bonds. The van der Waals surface area contributed by atoms with Crippen LogP contribution in [0.4, 0.5) is 11.4 Å². The maximum atomic E-state index is 10.0. The maximum absolute atomic E-state index is 10.0. The number of pyridine rings is 2. The lowest BCUT2D eigenvalue weighted by molar-refractivity contribution is -0.245. The van der Waals surface area contributed by atoms with Crippen LogP contribution in [0, 0.1) is 34.5 Å². The van der Waals surface area contributed by atoms with E-state index in [1.165, 1.54) is 12.1 Å². The number of aliphatic hydroxyl groups excluding tert-OH is 1. The molecule has 6 aliphatic carbocycles. The van der Waals surface area contributed by atoms with Gasteiger partial charge in [-0.3, -0.25) is 0 Å². The number of anilines is 2. The fourth-order valence-corrected chi connectivity index (χ4v) is 11.7. The molecule has 7 fully saturated rings. The van der Waals surface area contributed by atoms with Gasteiger partial charge in [0.15, 0.2) is 0 Å². The normalized spacial score (nSPS) is 29.1. The van der Waals surface area contributed by atoms with Crippen LogP contribution in [0.5, 0.6) is 0 Å². The van der Waals surface area contributed by atoms with Crippen molar-refractivity contribution in [3.63, 3.8) is 0 Å². The minimum absolute atomic E-state index is 0.169. The molecule has 12 nitrogen and oxygen atoms in total. The van der Waals surface area contributed by atoms with Crippen molar-refractivity contribution in [1.29, 1.82) is 0 Å². The average Bonchev–Trinajstić information content (AvgIpc) is 4.00. The molecule has 4 N–H and O–H groups in total. The number of hydrogen-bond donors (Lipinski definition) is 4. The van der Waals surface area contributed by atoms with Crippen LogP contribution in [0.3, 0.4) is 0 Å². The fourth-order valence-electron chi connectivity index (χ4n) is 11.7. The summed E-state index contributed by atoms with van der Waals surface area (Å²) in [5.41, 5.74) is 8.55. The molecule has 4 bridgehead atoms. The maximum Gasteiger partial charge on any atom is 0.498 e. The van der Waals surface area contributed by atoms with E-state index in [2.05, 4.69) is 106 Å². The molecule has 336 valence electrons. The third kappa shape index (κ3) is 7.44. The van der Waals surface area contributed by atoms with Crippen LogP contribution in [0.15, 0.2) is 97.6 Å². The molecule has 8 atom stereocenters. The molecular weight excluding hydrogens is 802 g/mol. The zero-order valence-corrected chi connectivity index (χ0v) is 39.0. The molecule has 2 aromatic carbocycles. The Kier molecular flexibility index (Phi) is 11.1. The molecular formula is C50H64B2N6O6. The van der Waals surface area contributed by atoms with Gasteiger partial charge in [-0.15, -0.1) is 0 Å². The molecule has 4 aromatic heterocycles. The lowest BCUT2D eigenvalue weighted by Gasteiger charge is -2.64. The Morgan fingerprint density at radius 3 is 1.67 bits per heavy atom. The lowest BCUT2D eigenvalue weighted by atomic mass is 9.43. The van der Waals surface area contributed by atoms with E-state index < -0.39 is 18.8 Å². The van der Waals surface area contributed by atoms with Crippen LogP contribution in [-0.2, 0) is 9.31 Å². The van der Waals surface area contributed by atoms with Crippen molar-refractivity contribution >= 4 is 47.8 Å². The molecule has 6 aromatic rings. The van der Waals surface area contributed by atoms with Gasteiger partial charge in [-0.25, -0.2) is 9.97 Å². The second-order valence-corrected chi connectivity index (χ2v) is 21.0. The predicted molar refractivity (Wildman–Crippen MR) is 256 cm³/mol. The molecule has 0 radical (unpaired) electrons. The highest BCUT2D eigenvalue weighted by Gasteiger charge is 2.68. The quantitative estimate of drug-likeness (QED) is 0.150. The van der Waals surface area contributed by atoms with E-state index in [9.17, 15) is 20.3 Å². The van der Waals surface area contributed by atoms with Crippen molar-refractivity contribution in [2.75, 3.05) is 38.0 Å². The van der Waals surface area contributed by atoms with E-state index in [4.69, 9.17) is 14.3 Å². The van der Waals surface area contributed by atoms with Gasteiger partial charge in [-0.05, 0) is 110 Å². The van der Waals surface area contributed by atoms with Gasteiger partial charge in [-0.1, -0.05) is 64.1 Å². The molecule has 13 rings (SSSR count). The van der Waals surface area contributed by atoms with Crippen molar-refractivity contribution in [2.24, 2.45) is 34.5 Å². The summed E-state index contributed by atoms with van der Waals surface area (Å²) in [7, 11) is 6.21. The van der Waals surface area contributed by atoms with E-state index in [1.807, 2.05) is 61.9 Å². The smallest absolute Gasteiger partial charge is 0.423 e. The van der Waals surface area contributed by atoms with Crippen LogP contribution in [-0.4, -0.2) is 105 Å². The third-order valence-corrected chi connectivity index (χ3v) is 16.2. The Hall–Kier alpha value is -4.69. The predicted octanol–water partition coefficient (Wildman–Crippen LogP) is 5.91. The SMILES string of the molecule is CC1(C)C2CC(O)C(C)(O)C1C2.CN(C)c1ccc(-c2cn3cccc(B(O)O)c3n2)cc1.CN(C)c1ccc(-c2cn3cccc(B4OC5CC6CC(C6(C)C)C5(C)O4)c3n2)cc1. The summed E-state index contributed by atoms with van der Waals surface area (Å²) in [6, 6.07) is 24.2. The monoisotopic (exact) mass is 867 g/mol. The number of imidazole rings is 2. The standard InChI is InChI=1S/C25H30BN3O2.C15H16BN3O2.C10H18O2/c1-24(2)17-13-21(24)25(3)22(14-17)30-26(31-25)19-7-6-12-29-15-20(27-23(19)29)16-8-10-18(11-9-16)28(4)5;1-18(2)12-7-5-11(6-8-12)14-10-19-9-3-4-13(16(20)21)15(19)17-14;1-9(2)6-4-7(9)10(3,12)8(11)5-6/h6-12,15,17,21-22H,13-14H2,1-5H3;3-10,20-21H,1-2H3;6-8,11-12H,4-5H2,1-3H3. The molecule has 0 spiro atoms. The number of aromatic nitrogens is 4. The minimum atomic E-state index is -1.53. The summed E-state index contributed by atoms with van der Waals surface area (Å²) in [6.45, 7) is 13.2. The largest absolute Gasteiger partial charge is 0.498 e. The second kappa shape index (κ2) is 16.0. The average molecular weight is 867 g/mol. The second-order valence-electron chi connectivity index (χ2n) is 21.0. The molecule has 64 heavy (non-hydrogen) atoms. The summed E-state index contributed by atoms with van der Waals surface area (Å²) < 4.78 is 17.1. The number of benzene rings is 2. The highest BCUT2D eigenvalue weighted by Crippen LogP contribution is 2.66. The number of hydrogen-bond acceptors (Lipinski definition) is 10. The van der Waals surface area contributed by atoms with E-state index >= 15 is 0 Å². The lowest BCUT2D eigenvalue weighted by Crippen LogP contribution is -2.66. The molecule has 8 unspecified atom stereocenters. The summed E-state index contributed by atoms with van der Waals surface area (Å²) in [5, 5.41) is 38.4. The van der Waals surface area contributed by atoms with Crippen molar-refractivity contribution in [1.82, 2.24) is 18.8 Å². The molecule has 6 saturated carbocycles. The first-order valence-electron chi connectivity index (χ1n) is 22.8. The minimum Gasteiger partial charge on any atom is -0.423 e. The first kappa shape index (κ1) is 44.5. The Balaban J connectivity index is 0.000000135. The zero-order chi connectivity index (χ0) is 45.7. The third-order valence-electron chi connectivity index (χ3n) is 16.2. The summed E-state index contributed by atoms with van der Waals surface area (Å²) in [4.78, 5) is 13.6. The Labute approximate surface area is 378 Å². The number of fused-ring (bicyclic) bond motifs is 4. The van der Waals surface area contributed by atoms with Crippen LogP contribution < -0.4 is 20.7 Å². The van der Waals surface area contributed by atoms with Gasteiger partial charge < -0.3 is 48.2 Å². The highest BCUT2D eigenvalue weighted by molar-refractivity contribution is 6.64. The molecule has 5 heterocycles. The van der Waals surface area contributed by atoms with Crippen molar-refractivity contribution in [3.8, 4) is 22.5 Å². The van der Waals surface area contributed by atoms with Crippen molar-refractivity contribution in [2.45, 2.75) is 90.6 Å². The molecule has 1 saturated heterocycles. The first-order chi connectivity index (χ1) is 30.2. The van der Waals surface area contributed by atoms with Gasteiger partial charge in [0.25, 0.3) is 0 Å². The van der Waals surface area contributed by atoms with Crippen molar-refractivity contribution < 1.29 is 29.6 Å². The summed E-state index contributed by atoms with van der Waals surface area (Å²) >= 11 is 0. The Bertz CT molecular complexity index is 2640.